The van der Waals surface area contributed by atoms with E-state index in [2.05, 4.69) is 20.6 Å². The first kappa shape index (κ1) is 12.3. The Morgan fingerprint density at radius 1 is 1.50 bits per heavy atom. The molecule has 7 nitrogen and oxygen atoms in total. The fourth-order valence-corrected chi connectivity index (χ4v) is 1.53. The lowest BCUT2D eigenvalue weighted by atomic mass is 10.3. The summed E-state index contributed by atoms with van der Waals surface area (Å²) in [5.74, 6) is -0.117. The van der Waals surface area contributed by atoms with E-state index in [1.54, 1.807) is 17.1 Å². The SMILES string of the molecule is Nc1ccc(Cl)c(C(=O)NCCn2ccnn2)n1. The molecule has 0 spiro atoms. The lowest BCUT2D eigenvalue weighted by Crippen LogP contribution is -2.28. The minimum atomic E-state index is -0.368. The van der Waals surface area contributed by atoms with Gasteiger partial charge in [0.05, 0.1) is 17.8 Å². The number of rotatable bonds is 4. The summed E-state index contributed by atoms with van der Waals surface area (Å²) in [6.45, 7) is 0.917. The summed E-state index contributed by atoms with van der Waals surface area (Å²) >= 11 is 5.86. The average Bonchev–Trinajstić information content (AvgIpc) is 2.85. The van der Waals surface area contributed by atoms with Crippen LogP contribution in [0.5, 0.6) is 0 Å². The Balaban J connectivity index is 1.93. The summed E-state index contributed by atoms with van der Waals surface area (Å²) in [4.78, 5) is 15.7. The summed E-state index contributed by atoms with van der Waals surface area (Å²) < 4.78 is 1.61. The smallest absolute Gasteiger partial charge is 0.271 e. The molecule has 2 aromatic rings. The quantitative estimate of drug-likeness (QED) is 0.831. The molecule has 8 heteroatoms. The molecule has 0 aliphatic carbocycles. The van der Waals surface area contributed by atoms with E-state index in [0.717, 1.165) is 0 Å². The van der Waals surface area contributed by atoms with Gasteiger partial charge in [0, 0.05) is 12.7 Å². The minimum absolute atomic E-state index is 0.121. The highest BCUT2D eigenvalue weighted by atomic mass is 35.5. The molecule has 2 aromatic heterocycles. The van der Waals surface area contributed by atoms with E-state index >= 15 is 0 Å². The predicted molar refractivity (Wildman–Crippen MR) is 66.0 cm³/mol. The van der Waals surface area contributed by atoms with E-state index in [9.17, 15) is 4.79 Å². The molecule has 2 heterocycles. The lowest BCUT2D eigenvalue weighted by molar-refractivity contribution is 0.0947. The van der Waals surface area contributed by atoms with Gasteiger partial charge in [-0.1, -0.05) is 16.8 Å². The fourth-order valence-electron chi connectivity index (χ4n) is 1.34. The van der Waals surface area contributed by atoms with Crippen molar-refractivity contribution in [3.05, 3.63) is 35.2 Å². The molecule has 0 aliphatic heterocycles. The number of nitrogen functional groups attached to an aromatic ring is 1. The Bertz CT molecular complexity index is 541. The summed E-state index contributed by atoms with van der Waals surface area (Å²) in [5.41, 5.74) is 5.62. The van der Waals surface area contributed by atoms with Gasteiger partial charge in [0.15, 0.2) is 0 Å². The number of anilines is 1. The number of halogens is 1. The molecule has 0 radical (unpaired) electrons. The second kappa shape index (κ2) is 5.46. The molecule has 18 heavy (non-hydrogen) atoms. The van der Waals surface area contributed by atoms with Crippen LogP contribution < -0.4 is 11.1 Å². The summed E-state index contributed by atoms with van der Waals surface area (Å²) in [6, 6.07) is 3.07. The van der Waals surface area contributed by atoms with Crippen molar-refractivity contribution >= 4 is 23.3 Å². The third kappa shape index (κ3) is 2.95. The maximum absolute atomic E-state index is 11.8. The van der Waals surface area contributed by atoms with Crippen LogP contribution in [-0.4, -0.2) is 32.4 Å². The number of nitrogens with zero attached hydrogens (tertiary/aromatic N) is 4. The fraction of sp³-hybridized carbons (Fsp3) is 0.200. The molecular formula is C10H11ClN6O. The molecule has 0 aliphatic rings. The molecule has 3 N–H and O–H groups in total. The highest BCUT2D eigenvalue weighted by Crippen LogP contribution is 2.14. The molecule has 0 saturated heterocycles. The summed E-state index contributed by atoms with van der Waals surface area (Å²) in [5, 5.41) is 10.4. The third-order valence-electron chi connectivity index (χ3n) is 2.18. The average molecular weight is 267 g/mol. The van der Waals surface area contributed by atoms with Crippen molar-refractivity contribution < 1.29 is 4.79 Å². The van der Waals surface area contributed by atoms with E-state index in [-0.39, 0.29) is 22.4 Å². The van der Waals surface area contributed by atoms with Crippen molar-refractivity contribution in [3.63, 3.8) is 0 Å². The number of pyridine rings is 1. The van der Waals surface area contributed by atoms with Crippen molar-refractivity contribution in [1.29, 1.82) is 0 Å². The Morgan fingerprint density at radius 2 is 2.33 bits per heavy atom. The number of aromatic nitrogens is 4. The van der Waals surface area contributed by atoms with Crippen LogP contribution in [0.2, 0.25) is 5.02 Å². The largest absolute Gasteiger partial charge is 0.384 e. The Hall–Kier alpha value is -2.15. The highest BCUT2D eigenvalue weighted by Gasteiger charge is 2.11. The van der Waals surface area contributed by atoms with Crippen molar-refractivity contribution in [1.82, 2.24) is 25.3 Å². The van der Waals surface area contributed by atoms with Gasteiger partial charge in [-0.05, 0) is 12.1 Å². The zero-order valence-electron chi connectivity index (χ0n) is 9.38. The van der Waals surface area contributed by atoms with E-state index in [1.165, 1.54) is 12.1 Å². The second-order valence-electron chi connectivity index (χ2n) is 3.49. The van der Waals surface area contributed by atoms with Crippen LogP contribution in [0.3, 0.4) is 0 Å². The van der Waals surface area contributed by atoms with Gasteiger partial charge in [0.25, 0.3) is 5.91 Å². The number of nitrogens with one attached hydrogen (secondary N) is 1. The third-order valence-corrected chi connectivity index (χ3v) is 2.49. The topological polar surface area (TPSA) is 98.7 Å². The van der Waals surface area contributed by atoms with Gasteiger partial charge in [0.1, 0.15) is 11.5 Å². The van der Waals surface area contributed by atoms with Crippen LogP contribution in [0.15, 0.2) is 24.5 Å². The molecule has 1 amide bonds. The number of nitrogens with two attached hydrogens (primary N) is 1. The van der Waals surface area contributed by atoms with Crippen LogP contribution in [0.1, 0.15) is 10.5 Å². The normalized spacial score (nSPS) is 10.3. The number of carbonyl (C=O) groups is 1. The summed E-state index contributed by atoms with van der Waals surface area (Å²) in [7, 11) is 0. The molecule has 2 rings (SSSR count). The van der Waals surface area contributed by atoms with Gasteiger partial charge in [-0.2, -0.15) is 0 Å². The molecule has 94 valence electrons. The minimum Gasteiger partial charge on any atom is -0.384 e. The summed E-state index contributed by atoms with van der Waals surface area (Å²) in [6.07, 6.45) is 3.27. The van der Waals surface area contributed by atoms with Crippen LogP contribution in [0.4, 0.5) is 5.82 Å². The van der Waals surface area contributed by atoms with Gasteiger partial charge in [0.2, 0.25) is 0 Å². The van der Waals surface area contributed by atoms with Crippen molar-refractivity contribution in [2.45, 2.75) is 6.54 Å². The second-order valence-corrected chi connectivity index (χ2v) is 3.90. The van der Waals surface area contributed by atoms with E-state index in [0.29, 0.717) is 13.1 Å². The van der Waals surface area contributed by atoms with Crippen molar-refractivity contribution in [3.8, 4) is 0 Å². The Morgan fingerprint density at radius 3 is 3.06 bits per heavy atom. The predicted octanol–water partition coefficient (Wildman–Crippen LogP) is 0.339. The molecular weight excluding hydrogens is 256 g/mol. The van der Waals surface area contributed by atoms with Gasteiger partial charge in [-0.3, -0.25) is 9.48 Å². The first-order chi connectivity index (χ1) is 8.66. The zero-order chi connectivity index (χ0) is 13.0. The van der Waals surface area contributed by atoms with Gasteiger partial charge in [-0.25, -0.2) is 4.98 Å². The van der Waals surface area contributed by atoms with Crippen LogP contribution in [0, 0.1) is 0 Å². The van der Waals surface area contributed by atoms with Crippen LogP contribution >= 0.6 is 11.6 Å². The van der Waals surface area contributed by atoms with Crippen LogP contribution in [0.25, 0.3) is 0 Å². The first-order valence-electron chi connectivity index (χ1n) is 5.21. The van der Waals surface area contributed by atoms with Crippen molar-refractivity contribution in [2.75, 3.05) is 12.3 Å². The number of hydrogen-bond acceptors (Lipinski definition) is 5. The van der Waals surface area contributed by atoms with Gasteiger partial charge < -0.3 is 11.1 Å². The van der Waals surface area contributed by atoms with Gasteiger partial charge in [-0.15, -0.1) is 5.10 Å². The van der Waals surface area contributed by atoms with E-state index < -0.39 is 0 Å². The molecule has 0 atom stereocenters. The molecule has 0 bridgehead atoms. The number of amides is 1. The van der Waals surface area contributed by atoms with E-state index in [1.807, 2.05) is 0 Å². The standard InChI is InChI=1S/C10H11ClN6O/c11-7-1-2-8(12)15-9(7)10(18)13-3-5-17-6-4-14-16-17/h1-2,4,6H,3,5H2,(H2,12,15)(H,13,18). The highest BCUT2D eigenvalue weighted by molar-refractivity contribution is 6.33. The first-order valence-corrected chi connectivity index (χ1v) is 5.59. The monoisotopic (exact) mass is 266 g/mol. The molecule has 0 aromatic carbocycles. The Kier molecular flexibility index (Phi) is 3.73. The zero-order valence-corrected chi connectivity index (χ0v) is 10.1. The van der Waals surface area contributed by atoms with Gasteiger partial charge >= 0.3 is 0 Å². The maximum Gasteiger partial charge on any atom is 0.271 e. The number of carbonyl (C=O) groups excluding carboxylic acids is 1. The van der Waals surface area contributed by atoms with Crippen LogP contribution in [-0.2, 0) is 6.54 Å². The lowest BCUT2D eigenvalue weighted by Gasteiger charge is -2.06. The maximum atomic E-state index is 11.8. The molecule has 0 unspecified atom stereocenters. The van der Waals surface area contributed by atoms with Crippen molar-refractivity contribution in [2.24, 2.45) is 0 Å². The number of hydrogen-bond donors (Lipinski definition) is 2. The molecule has 0 saturated carbocycles. The Labute approximate surface area is 108 Å². The van der Waals surface area contributed by atoms with E-state index in [4.69, 9.17) is 17.3 Å². The molecule has 0 fully saturated rings.